The topological polar surface area (TPSA) is 173 Å². The van der Waals surface area contributed by atoms with Crippen molar-refractivity contribution in [2.24, 2.45) is 0 Å². The molecule has 0 saturated carbocycles. The van der Waals surface area contributed by atoms with Gasteiger partial charge >= 0.3 is 6.01 Å². The van der Waals surface area contributed by atoms with Crippen LogP contribution in [0, 0.1) is 11.6 Å². The number of rotatable bonds is 9. The number of fused-ring (bicyclic) bond motifs is 3. The van der Waals surface area contributed by atoms with Gasteiger partial charge in [0.15, 0.2) is 5.82 Å². The van der Waals surface area contributed by atoms with E-state index in [1.54, 1.807) is 18.0 Å². The number of amides is 1. The van der Waals surface area contributed by atoms with Gasteiger partial charge in [0.2, 0.25) is 11.7 Å². The van der Waals surface area contributed by atoms with Crippen LogP contribution in [0.4, 0.5) is 24.8 Å². The number of aliphatic hydroxyl groups is 1. The second-order valence-electron chi connectivity index (χ2n) is 14.8. The smallest absolute Gasteiger partial charge is 0.319 e. The molecule has 0 aliphatic carbocycles. The van der Waals surface area contributed by atoms with Crippen molar-refractivity contribution < 1.29 is 32.3 Å². The predicted molar refractivity (Wildman–Crippen MR) is 193 cm³/mol. The molecule has 1 aromatic carbocycles. The van der Waals surface area contributed by atoms with Crippen LogP contribution in [0.15, 0.2) is 41.1 Å². The molecule has 7 heterocycles. The highest BCUT2D eigenvalue weighted by atomic mass is 19.1. The van der Waals surface area contributed by atoms with E-state index < -0.39 is 28.9 Å². The van der Waals surface area contributed by atoms with E-state index in [9.17, 15) is 14.3 Å². The van der Waals surface area contributed by atoms with Gasteiger partial charge in [-0.05, 0) is 57.2 Å². The number of nitrogen functional groups attached to an aromatic ring is 1. The fourth-order valence-electron chi connectivity index (χ4n) is 7.86. The van der Waals surface area contributed by atoms with E-state index in [2.05, 4.69) is 30.0 Å². The Morgan fingerprint density at radius 3 is 2.81 bits per heavy atom. The fourth-order valence-corrected chi connectivity index (χ4v) is 7.86. The summed E-state index contributed by atoms with van der Waals surface area (Å²) in [6.45, 7) is 4.99. The van der Waals surface area contributed by atoms with Gasteiger partial charge in [0.05, 0.1) is 10.9 Å². The quantitative estimate of drug-likeness (QED) is 0.204. The second-order valence-corrected chi connectivity index (χ2v) is 14.8. The number of likely N-dealkylation sites (N-methyl/N-ethyl adjacent to an activating group) is 1. The largest absolute Gasteiger partial charge is 0.461 e. The molecule has 8 rings (SSSR count). The van der Waals surface area contributed by atoms with Gasteiger partial charge in [0.25, 0.3) is 5.89 Å². The van der Waals surface area contributed by atoms with Crippen molar-refractivity contribution >= 4 is 45.3 Å². The van der Waals surface area contributed by atoms with Crippen LogP contribution in [0.2, 0.25) is 0 Å². The van der Waals surface area contributed by atoms with Crippen molar-refractivity contribution in [1.29, 1.82) is 0 Å². The van der Waals surface area contributed by atoms with Gasteiger partial charge in [-0.15, -0.1) is 0 Å². The van der Waals surface area contributed by atoms with Crippen LogP contribution >= 0.6 is 0 Å². The zero-order valence-corrected chi connectivity index (χ0v) is 30.0. The lowest BCUT2D eigenvalue weighted by atomic mass is 9.95. The van der Waals surface area contributed by atoms with Gasteiger partial charge in [0, 0.05) is 62.9 Å². The zero-order valence-electron chi connectivity index (χ0n) is 30.0. The van der Waals surface area contributed by atoms with E-state index >= 15 is 8.78 Å². The molecular formula is C37H39F3N10O4. The van der Waals surface area contributed by atoms with Crippen molar-refractivity contribution in [3.63, 3.8) is 0 Å². The number of hydrogen-bond donors (Lipinski definition) is 2. The fraction of sp³-hybridized carbons (Fsp3) is 0.432. The van der Waals surface area contributed by atoms with E-state index in [1.165, 1.54) is 50.4 Å². The molecule has 3 aliphatic heterocycles. The summed E-state index contributed by atoms with van der Waals surface area (Å²) in [4.78, 5) is 40.8. The Kier molecular flexibility index (Phi) is 8.87. The van der Waals surface area contributed by atoms with Crippen molar-refractivity contribution in [3.8, 4) is 17.4 Å². The number of nitrogens with two attached hydrogens (primary N) is 1. The number of anilines is 2. The Balaban J connectivity index is 1.13. The number of carbonyl (C=O) groups is 1. The molecule has 0 radical (unpaired) electrons. The maximum atomic E-state index is 16.8. The molecule has 5 aromatic rings. The molecule has 0 spiro atoms. The minimum absolute atomic E-state index is 0.0595. The maximum absolute atomic E-state index is 16.8. The molecule has 54 heavy (non-hydrogen) atoms. The number of carbonyl (C=O) groups excluding carboxylic acids is 1. The molecule has 3 fully saturated rings. The van der Waals surface area contributed by atoms with Gasteiger partial charge in [-0.2, -0.15) is 15.0 Å². The van der Waals surface area contributed by atoms with Crippen LogP contribution in [0.3, 0.4) is 0 Å². The maximum Gasteiger partial charge on any atom is 0.319 e. The first-order valence-electron chi connectivity index (χ1n) is 17.8. The molecule has 0 bridgehead atoms. The highest BCUT2D eigenvalue weighted by molar-refractivity contribution is 5.99. The Hall–Kier alpha value is -5.42. The SMILES string of the molecule is CN(c1nc(OC[C@@]23CCCN2C[C@H](F)C3)nc2c(F)c(-c3nc(N)cc4cccc(F)c34)ncc12)[C@@H]1CCN(C(=O)/C=C/c2nc(C(C)(C)O)no2)C1. The molecular weight excluding hydrogens is 705 g/mol. The third kappa shape index (κ3) is 6.44. The van der Waals surface area contributed by atoms with E-state index in [-0.39, 0.29) is 69.8 Å². The lowest BCUT2D eigenvalue weighted by Crippen LogP contribution is -2.43. The summed E-state index contributed by atoms with van der Waals surface area (Å²) in [7, 11) is 1.78. The number of hydrogen-bond acceptors (Lipinski definition) is 13. The molecule has 14 nitrogen and oxygen atoms in total. The zero-order chi connectivity index (χ0) is 37.9. The highest BCUT2D eigenvalue weighted by Gasteiger charge is 2.49. The Bertz CT molecular complexity index is 2300. The summed E-state index contributed by atoms with van der Waals surface area (Å²) in [5, 5.41) is 14.6. The lowest BCUT2D eigenvalue weighted by Gasteiger charge is -2.31. The van der Waals surface area contributed by atoms with Crippen LogP contribution in [0.5, 0.6) is 6.01 Å². The molecule has 3 saturated heterocycles. The Labute approximate surface area is 307 Å². The van der Waals surface area contributed by atoms with Gasteiger partial charge in [-0.3, -0.25) is 14.7 Å². The number of ether oxygens (including phenoxy) is 1. The molecule has 4 aromatic heterocycles. The third-order valence-electron chi connectivity index (χ3n) is 10.6. The number of likely N-dealkylation sites (tertiary alicyclic amines) is 1. The molecule has 1 amide bonds. The van der Waals surface area contributed by atoms with E-state index in [0.717, 1.165) is 19.4 Å². The lowest BCUT2D eigenvalue weighted by molar-refractivity contribution is -0.124. The minimum atomic E-state index is -1.30. The minimum Gasteiger partial charge on any atom is -0.461 e. The summed E-state index contributed by atoms with van der Waals surface area (Å²) in [5.41, 5.74) is 3.80. The summed E-state index contributed by atoms with van der Waals surface area (Å²) >= 11 is 0. The summed E-state index contributed by atoms with van der Waals surface area (Å²) < 4.78 is 58.0. The number of benzene rings is 1. The first-order chi connectivity index (χ1) is 25.8. The summed E-state index contributed by atoms with van der Waals surface area (Å²) in [5.74, 6) is -1.24. The van der Waals surface area contributed by atoms with Gasteiger partial charge in [-0.1, -0.05) is 17.3 Å². The van der Waals surface area contributed by atoms with Crippen molar-refractivity contribution in [3.05, 3.63) is 59.9 Å². The third-order valence-corrected chi connectivity index (χ3v) is 10.6. The van der Waals surface area contributed by atoms with Gasteiger partial charge in [0.1, 0.15) is 52.7 Å². The average Bonchev–Trinajstić information content (AvgIpc) is 3.94. The van der Waals surface area contributed by atoms with E-state index in [0.29, 0.717) is 43.7 Å². The van der Waals surface area contributed by atoms with Crippen molar-refractivity contribution in [2.75, 3.05) is 50.5 Å². The van der Waals surface area contributed by atoms with Crippen LogP contribution in [-0.2, 0) is 10.4 Å². The van der Waals surface area contributed by atoms with E-state index in [1.807, 2.05) is 4.90 Å². The van der Waals surface area contributed by atoms with Crippen molar-refractivity contribution in [1.82, 2.24) is 39.9 Å². The molecule has 3 N–H and O–H groups in total. The molecule has 282 valence electrons. The van der Waals surface area contributed by atoms with Gasteiger partial charge < -0.3 is 29.9 Å². The number of halogens is 3. The molecule has 3 aliphatic rings. The van der Waals surface area contributed by atoms with Crippen LogP contribution < -0.4 is 15.4 Å². The number of alkyl halides is 1. The first-order valence-corrected chi connectivity index (χ1v) is 17.8. The molecule has 3 atom stereocenters. The normalized spacial score (nSPS) is 21.9. The first kappa shape index (κ1) is 35.6. The monoisotopic (exact) mass is 744 g/mol. The number of pyridine rings is 2. The number of nitrogens with zero attached hydrogens (tertiary/aromatic N) is 9. The summed E-state index contributed by atoms with van der Waals surface area (Å²) in [6, 6.07) is 5.58. The highest BCUT2D eigenvalue weighted by Crippen LogP contribution is 2.41. The van der Waals surface area contributed by atoms with Crippen LogP contribution in [-0.4, -0.2) is 108 Å². The molecule has 17 heteroatoms. The average molecular weight is 745 g/mol. The molecule has 0 unspecified atom stereocenters. The van der Waals surface area contributed by atoms with Crippen molar-refractivity contribution in [2.45, 2.75) is 62.9 Å². The Morgan fingerprint density at radius 2 is 2.02 bits per heavy atom. The van der Waals surface area contributed by atoms with E-state index in [4.69, 9.17) is 20.0 Å². The summed E-state index contributed by atoms with van der Waals surface area (Å²) in [6.07, 6.45) is 5.70. The predicted octanol–water partition coefficient (Wildman–Crippen LogP) is 4.42. The second kappa shape index (κ2) is 13.5. The van der Waals surface area contributed by atoms with Crippen LogP contribution in [0.25, 0.3) is 39.1 Å². The Morgan fingerprint density at radius 1 is 1.19 bits per heavy atom. The number of aromatic nitrogens is 6. The van der Waals surface area contributed by atoms with Gasteiger partial charge in [-0.25, -0.2) is 18.2 Å². The van der Waals surface area contributed by atoms with Crippen LogP contribution in [0.1, 0.15) is 51.2 Å². The standard InChI is InChI=1S/C37H39F3N10O4/c1-36(2,52)34-44-26(54-47-34)8-9-27(51)49-13-10-22(18-49)48(3)33-23-16-42-32(31-28-20(14-25(41)43-31)6-4-7-24(28)39)29(40)30(23)45-35(46-33)53-19-37-11-5-12-50(37)17-21(38)15-37/h4,6-9,14,16,21-22,52H,5,10-13,15,17-19H2,1-3H3,(H2,41,43)/b9-8+/t21-,22-,37+/m1/s1.